The molecule has 0 unspecified atom stereocenters. The zero-order valence-corrected chi connectivity index (χ0v) is 20.4. The van der Waals surface area contributed by atoms with Crippen molar-refractivity contribution < 1.29 is 17.9 Å². The van der Waals surface area contributed by atoms with E-state index in [2.05, 4.69) is 5.32 Å². The topological polar surface area (TPSA) is 75.7 Å². The van der Waals surface area contributed by atoms with Gasteiger partial charge in [0.05, 0.1) is 23.2 Å². The van der Waals surface area contributed by atoms with Gasteiger partial charge < -0.3 is 10.1 Å². The van der Waals surface area contributed by atoms with Crippen molar-refractivity contribution in [2.75, 3.05) is 17.5 Å². The Morgan fingerprint density at radius 2 is 1.61 bits per heavy atom. The van der Waals surface area contributed by atoms with Crippen molar-refractivity contribution in [3.63, 3.8) is 0 Å². The molecule has 174 valence electrons. The van der Waals surface area contributed by atoms with Crippen molar-refractivity contribution in [2.24, 2.45) is 0 Å². The molecule has 0 radical (unpaired) electrons. The minimum atomic E-state index is -4.02. The summed E-state index contributed by atoms with van der Waals surface area (Å²) in [4.78, 5) is 13.0. The lowest BCUT2D eigenvalue weighted by atomic mass is 10.1. The number of anilines is 1. The van der Waals surface area contributed by atoms with Gasteiger partial charge in [-0.1, -0.05) is 41.4 Å². The molecule has 0 bridgehead atoms. The van der Waals surface area contributed by atoms with Crippen LogP contribution in [0.1, 0.15) is 31.0 Å². The maximum Gasteiger partial charge on any atom is 0.264 e. The van der Waals surface area contributed by atoms with Crippen LogP contribution < -0.4 is 14.4 Å². The van der Waals surface area contributed by atoms with Crippen LogP contribution in [0.3, 0.4) is 0 Å². The number of hydrogen-bond acceptors (Lipinski definition) is 4. The van der Waals surface area contributed by atoms with Crippen molar-refractivity contribution in [2.45, 2.75) is 31.7 Å². The Labute approximate surface area is 200 Å². The third kappa shape index (κ3) is 6.27. The molecule has 1 N–H and O–H groups in total. The van der Waals surface area contributed by atoms with Crippen LogP contribution in [0.4, 0.5) is 5.69 Å². The number of nitrogens with zero attached hydrogens (tertiary/aromatic N) is 1. The highest BCUT2D eigenvalue weighted by Gasteiger charge is 2.28. The van der Waals surface area contributed by atoms with Gasteiger partial charge in [0, 0.05) is 5.02 Å². The molecule has 0 spiro atoms. The van der Waals surface area contributed by atoms with E-state index in [1.807, 2.05) is 45.0 Å². The highest BCUT2D eigenvalue weighted by atomic mass is 35.5. The van der Waals surface area contributed by atoms with Gasteiger partial charge in [-0.25, -0.2) is 8.42 Å². The average molecular weight is 487 g/mol. The molecule has 3 rings (SSSR count). The molecule has 0 aliphatic rings. The lowest BCUT2D eigenvalue weighted by Crippen LogP contribution is -2.41. The highest BCUT2D eigenvalue weighted by molar-refractivity contribution is 7.92. The second kappa shape index (κ2) is 10.7. The monoisotopic (exact) mass is 486 g/mol. The van der Waals surface area contributed by atoms with E-state index in [4.69, 9.17) is 16.3 Å². The van der Waals surface area contributed by atoms with Crippen LogP contribution in [0.2, 0.25) is 5.02 Å². The summed E-state index contributed by atoms with van der Waals surface area (Å²) in [6.07, 6.45) is 0. The summed E-state index contributed by atoms with van der Waals surface area (Å²) < 4.78 is 33.4. The summed E-state index contributed by atoms with van der Waals surface area (Å²) in [5.41, 5.74) is 2.40. The maximum atomic E-state index is 13.5. The van der Waals surface area contributed by atoms with Crippen LogP contribution in [-0.4, -0.2) is 27.5 Å². The van der Waals surface area contributed by atoms with Crippen LogP contribution in [0.25, 0.3) is 0 Å². The number of aryl methyl sites for hydroxylation is 1. The fraction of sp³-hybridized carbons (Fsp3) is 0.240. The molecule has 1 atom stereocenters. The third-order valence-corrected chi connectivity index (χ3v) is 7.12. The quantitative estimate of drug-likeness (QED) is 0.455. The molecular weight excluding hydrogens is 460 g/mol. The molecule has 3 aromatic carbocycles. The summed E-state index contributed by atoms with van der Waals surface area (Å²) in [7, 11) is -4.02. The Morgan fingerprint density at radius 1 is 1.00 bits per heavy atom. The van der Waals surface area contributed by atoms with E-state index in [0.717, 1.165) is 15.4 Å². The predicted octanol–water partition coefficient (Wildman–Crippen LogP) is 5.12. The zero-order chi connectivity index (χ0) is 24.0. The second-order valence-electron chi connectivity index (χ2n) is 7.59. The third-order valence-electron chi connectivity index (χ3n) is 5.08. The molecule has 6 nitrogen and oxygen atoms in total. The molecule has 0 aliphatic carbocycles. The largest absolute Gasteiger partial charge is 0.494 e. The molecule has 8 heteroatoms. The van der Waals surface area contributed by atoms with Crippen LogP contribution in [-0.2, 0) is 14.8 Å². The Kier molecular flexibility index (Phi) is 8.00. The minimum Gasteiger partial charge on any atom is -0.494 e. The van der Waals surface area contributed by atoms with Gasteiger partial charge in [-0.3, -0.25) is 9.10 Å². The molecule has 0 heterocycles. The number of sulfonamides is 1. The Balaban J connectivity index is 1.88. The van der Waals surface area contributed by atoms with Crippen molar-refractivity contribution >= 4 is 33.2 Å². The first kappa shape index (κ1) is 24.6. The fourth-order valence-electron chi connectivity index (χ4n) is 3.28. The van der Waals surface area contributed by atoms with Crippen molar-refractivity contribution in [1.82, 2.24) is 5.32 Å². The molecule has 1 amide bonds. The van der Waals surface area contributed by atoms with Crippen molar-refractivity contribution in [3.8, 4) is 5.75 Å². The summed E-state index contributed by atoms with van der Waals surface area (Å²) >= 11 is 5.93. The van der Waals surface area contributed by atoms with E-state index in [1.54, 1.807) is 24.3 Å². The number of carbonyl (C=O) groups excluding carboxylic acids is 1. The van der Waals surface area contributed by atoms with E-state index >= 15 is 0 Å². The number of halogens is 1. The van der Waals surface area contributed by atoms with Gasteiger partial charge in [0.1, 0.15) is 12.3 Å². The summed E-state index contributed by atoms with van der Waals surface area (Å²) in [5.74, 6) is 0.192. The smallest absolute Gasteiger partial charge is 0.264 e. The second-order valence-corrected chi connectivity index (χ2v) is 9.89. The summed E-state index contributed by atoms with van der Waals surface area (Å²) in [6.45, 7) is 5.83. The van der Waals surface area contributed by atoms with Crippen LogP contribution in [0, 0.1) is 6.92 Å². The SMILES string of the molecule is CCOc1ccc(N(CC(=O)N[C@@H](C)c2ccc(C)cc2)S(=O)(=O)c2ccc(Cl)cc2)cc1. The van der Waals surface area contributed by atoms with E-state index in [1.165, 1.54) is 24.3 Å². The van der Waals surface area contributed by atoms with E-state index in [0.29, 0.717) is 23.1 Å². The van der Waals surface area contributed by atoms with Crippen molar-refractivity contribution in [3.05, 3.63) is 88.9 Å². The zero-order valence-electron chi connectivity index (χ0n) is 18.8. The normalized spacial score (nSPS) is 12.1. The van der Waals surface area contributed by atoms with Gasteiger partial charge in [0.25, 0.3) is 10.0 Å². The predicted molar refractivity (Wildman–Crippen MR) is 131 cm³/mol. The maximum absolute atomic E-state index is 13.5. The number of benzene rings is 3. The lowest BCUT2D eigenvalue weighted by Gasteiger charge is -2.25. The summed E-state index contributed by atoms with van der Waals surface area (Å²) in [6, 6.07) is 20.0. The average Bonchev–Trinajstić information content (AvgIpc) is 2.79. The molecule has 0 aromatic heterocycles. The van der Waals surface area contributed by atoms with E-state index in [9.17, 15) is 13.2 Å². The number of rotatable bonds is 9. The number of amides is 1. The lowest BCUT2D eigenvalue weighted by molar-refractivity contribution is -0.120. The number of carbonyl (C=O) groups is 1. The molecule has 0 fully saturated rings. The first-order valence-corrected chi connectivity index (χ1v) is 12.4. The molecule has 33 heavy (non-hydrogen) atoms. The van der Waals surface area contributed by atoms with Gasteiger partial charge in [0.15, 0.2) is 0 Å². The van der Waals surface area contributed by atoms with Gasteiger partial charge in [-0.05, 0) is 74.9 Å². The summed E-state index contributed by atoms with van der Waals surface area (Å²) in [5, 5.41) is 3.31. The number of nitrogens with one attached hydrogen (secondary N) is 1. The Hall–Kier alpha value is -3.03. The standard InChI is InChI=1S/C25H27ClN2O4S/c1-4-32-23-13-11-22(12-14-23)28(33(30,31)24-15-9-21(26)10-16-24)17-25(29)27-19(3)20-7-5-18(2)6-8-20/h5-16,19H,4,17H2,1-3H3,(H,27,29)/t19-/m0/s1. The molecule has 3 aromatic rings. The van der Waals surface area contributed by atoms with E-state index < -0.39 is 15.9 Å². The van der Waals surface area contributed by atoms with Crippen LogP contribution in [0.5, 0.6) is 5.75 Å². The first-order chi connectivity index (χ1) is 15.7. The molecular formula is C25H27ClN2O4S. The Bertz CT molecular complexity index is 1180. The van der Waals surface area contributed by atoms with Crippen LogP contribution in [0.15, 0.2) is 77.7 Å². The van der Waals surface area contributed by atoms with Gasteiger partial charge in [0.2, 0.25) is 5.91 Å². The van der Waals surface area contributed by atoms with Gasteiger partial charge in [-0.15, -0.1) is 0 Å². The van der Waals surface area contributed by atoms with Gasteiger partial charge in [-0.2, -0.15) is 0 Å². The fourth-order valence-corrected chi connectivity index (χ4v) is 4.83. The highest BCUT2D eigenvalue weighted by Crippen LogP contribution is 2.27. The van der Waals surface area contributed by atoms with Gasteiger partial charge >= 0.3 is 0 Å². The molecule has 0 saturated carbocycles. The number of hydrogen-bond donors (Lipinski definition) is 1. The van der Waals surface area contributed by atoms with E-state index in [-0.39, 0.29) is 17.5 Å². The number of ether oxygens (including phenoxy) is 1. The first-order valence-electron chi connectivity index (χ1n) is 10.6. The minimum absolute atomic E-state index is 0.0418. The Morgan fingerprint density at radius 3 is 2.18 bits per heavy atom. The van der Waals surface area contributed by atoms with Crippen molar-refractivity contribution in [1.29, 1.82) is 0 Å². The van der Waals surface area contributed by atoms with Crippen LogP contribution >= 0.6 is 11.6 Å². The molecule has 0 aliphatic heterocycles. The molecule has 0 saturated heterocycles.